The molecule has 4 heteroatoms. The maximum absolute atomic E-state index is 9.25. The molecule has 1 unspecified atom stereocenters. The minimum absolute atomic E-state index is 0.153. The van der Waals surface area contributed by atoms with Gasteiger partial charge >= 0.3 is 0 Å². The zero-order chi connectivity index (χ0) is 8.20. The Kier molecular flexibility index (Phi) is 3.19. The van der Waals surface area contributed by atoms with Gasteiger partial charge in [0.2, 0.25) is 0 Å². The SMILES string of the molecule is CC(C)(C)C(O)CN=[N+]=[N-]. The van der Waals surface area contributed by atoms with E-state index in [1.54, 1.807) is 0 Å². The molecule has 0 aliphatic heterocycles. The Morgan fingerprint density at radius 2 is 2.10 bits per heavy atom. The highest BCUT2D eigenvalue weighted by Crippen LogP contribution is 2.18. The van der Waals surface area contributed by atoms with E-state index in [9.17, 15) is 5.11 Å². The third-order valence-electron chi connectivity index (χ3n) is 1.32. The van der Waals surface area contributed by atoms with Crippen molar-refractivity contribution < 1.29 is 5.11 Å². The maximum Gasteiger partial charge on any atom is 0.0644 e. The second kappa shape index (κ2) is 3.44. The van der Waals surface area contributed by atoms with Crippen molar-refractivity contribution in [2.75, 3.05) is 6.54 Å². The molecule has 0 fully saturated rings. The summed E-state index contributed by atoms with van der Waals surface area (Å²) in [5.74, 6) is 0. The lowest BCUT2D eigenvalue weighted by Gasteiger charge is -2.23. The van der Waals surface area contributed by atoms with E-state index in [4.69, 9.17) is 5.53 Å². The third kappa shape index (κ3) is 3.33. The summed E-state index contributed by atoms with van der Waals surface area (Å²) in [6.07, 6.45) is -0.552. The first-order valence-corrected chi connectivity index (χ1v) is 3.17. The summed E-state index contributed by atoms with van der Waals surface area (Å²) in [5, 5.41) is 12.5. The van der Waals surface area contributed by atoms with E-state index in [0.29, 0.717) is 0 Å². The van der Waals surface area contributed by atoms with Gasteiger partial charge in [-0.15, -0.1) is 0 Å². The van der Waals surface area contributed by atoms with Crippen LogP contribution in [0.15, 0.2) is 5.11 Å². The van der Waals surface area contributed by atoms with Crippen molar-refractivity contribution in [3.8, 4) is 0 Å². The second-order valence-corrected chi connectivity index (χ2v) is 3.30. The summed E-state index contributed by atoms with van der Waals surface area (Å²) in [6, 6.07) is 0. The van der Waals surface area contributed by atoms with E-state index in [1.165, 1.54) is 0 Å². The minimum Gasteiger partial charge on any atom is -0.392 e. The number of hydrogen-bond donors (Lipinski definition) is 1. The van der Waals surface area contributed by atoms with Crippen LogP contribution in [0.1, 0.15) is 20.8 Å². The maximum atomic E-state index is 9.25. The highest BCUT2D eigenvalue weighted by molar-refractivity contribution is 4.74. The second-order valence-electron chi connectivity index (χ2n) is 3.30. The summed E-state index contributed by atoms with van der Waals surface area (Å²) in [7, 11) is 0. The van der Waals surface area contributed by atoms with Crippen LogP contribution in [0.25, 0.3) is 10.4 Å². The first kappa shape index (κ1) is 9.27. The summed E-state index contributed by atoms with van der Waals surface area (Å²) >= 11 is 0. The van der Waals surface area contributed by atoms with Gasteiger partial charge in [-0.25, -0.2) is 0 Å². The molecule has 0 amide bonds. The highest BCUT2D eigenvalue weighted by atomic mass is 16.3. The molecule has 0 aliphatic rings. The number of aliphatic hydroxyl groups excluding tert-OH is 1. The van der Waals surface area contributed by atoms with E-state index in [0.717, 1.165) is 0 Å². The van der Waals surface area contributed by atoms with Crippen LogP contribution >= 0.6 is 0 Å². The van der Waals surface area contributed by atoms with Crippen molar-refractivity contribution in [2.45, 2.75) is 26.9 Å². The highest BCUT2D eigenvalue weighted by Gasteiger charge is 2.20. The fourth-order valence-corrected chi connectivity index (χ4v) is 0.388. The molecule has 0 spiro atoms. The first-order chi connectivity index (χ1) is 4.48. The standard InChI is InChI=1S/C6H13N3O/c1-6(2,3)5(10)4-8-9-7/h5,10H,4H2,1-3H3. The number of nitrogens with zero attached hydrogens (tertiary/aromatic N) is 3. The largest absolute Gasteiger partial charge is 0.392 e. The van der Waals surface area contributed by atoms with Gasteiger partial charge in [0.1, 0.15) is 0 Å². The number of aliphatic hydroxyl groups is 1. The van der Waals surface area contributed by atoms with Crippen LogP contribution in [0.5, 0.6) is 0 Å². The molecule has 1 atom stereocenters. The Bertz CT molecular complexity index is 144. The van der Waals surface area contributed by atoms with E-state index in [1.807, 2.05) is 20.8 Å². The fourth-order valence-electron chi connectivity index (χ4n) is 0.388. The van der Waals surface area contributed by atoms with Crippen LogP contribution in [-0.4, -0.2) is 17.8 Å². The zero-order valence-corrected chi connectivity index (χ0v) is 6.57. The molecule has 10 heavy (non-hydrogen) atoms. The Labute approximate surface area is 60.5 Å². The quantitative estimate of drug-likeness (QED) is 0.357. The molecule has 0 saturated heterocycles. The average Bonchev–Trinajstić information content (AvgIpc) is 1.80. The lowest BCUT2D eigenvalue weighted by atomic mass is 9.89. The van der Waals surface area contributed by atoms with Crippen LogP contribution in [0.2, 0.25) is 0 Å². The van der Waals surface area contributed by atoms with Gasteiger partial charge in [0, 0.05) is 4.91 Å². The molecule has 0 aromatic rings. The first-order valence-electron chi connectivity index (χ1n) is 3.17. The monoisotopic (exact) mass is 143 g/mol. The van der Waals surface area contributed by atoms with Crippen molar-refractivity contribution in [3.05, 3.63) is 10.4 Å². The summed E-state index contributed by atoms with van der Waals surface area (Å²) in [6.45, 7) is 5.83. The smallest absolute Gasteiger partial charge is 0.0644 e. The molecule has 1 N–H and O–H groups in total. The molecule has 0 aromatic heterocycles. The lowest BCUT2D eigenvalue weighted by Crippen LogP contribution is -2.28. The molecular weight excluding hydrogens is 130 g/mol. The molecule has 0 aliphatic carbocycles. The molecule has 0 bridgehead atoms. The predicted octanol–water partition coefficient (Wildman–Crippen LogP) is 1.70. The van der Waals surface area contributed by atoms with Gasteiger partial charge in [-0.2, -0.15) is 0 Å². The van der Waals surface area contributed by atoms with Gasteiger partial charge in [0.15, 0.2) is 0 Å². The van der Waals surface area contributed by atoms with Crippen molar-refractivity contribution in [1.29, 1.82) is 0 Å². The normalized spacial score (nSPS) is 14.0. The molecule has 0 heterocycles. The van der Waals surface area contributed by atoms with Gasteiger partial charge < -0.3 is 5.11 Å². The number of azide groups is 1. The van der Waals surface area contributed by atoms with Crippen molar-refractivity contribution in [1.82, 2.24) is 0 Å². The minimum atomic E-state index is -0.552. The van der Waals surface area contributed by atoms with Gasteiger partial charge in [-0.3, -0.25) is 0 Å². The topological polar surface area (TPSA) is 69.0 Å². The van der Waals surface area contributed by atoms with Crippen LogP contribution in [0.4, 0.5) is 0 Å². The molecule has 0 aromatic carbocycles. The predicted molar refractivity (Wildman–Crippen MR) is 39.5 cm³/mol. The summed E-state index contributed by atoms with van der Waals surface area (Å²) < 4.78 is 0. The van der Waals surface area contributed by atoms with E-state index < -0.39 is 6.10 Å². The summed E-state index contributed by atoms with van der Waals surface area (Å²) in [4.78, 5) is 2.55. The molecule has 0 radical (unpaired) electrons. The van der Waals surface area contributed by atoms with Crippen molar-refractivity contribution >= 4 is 0 Å². The van der Waals surface area contributed by atoms with E-state index in [-0.39, 0.29) is 12.0 Å². The lowest BCUT2D eigenvalue weighted by molar-refractivity contribution is 0.0710. The molecule has 0 saturated carbocycles. The average molecular weight is 143 g/mol. The Balaban J connectivity index is 3.84. The van der Waals surface area contributed by atoms with E-state index in [2.05, 4.69) is 10.0 Å². The van der Waals surface area contributed by atoms with Gasteiger partial charge in [-0.05, 0) is 10.9 Å². The van der Waals surface area contributed by atoms with Gasteiger partial charge in [-0.1, -0.05) is 25.9 Å². The fraction of sp³-hybridized carbons (Fsp3) is 1.00. The van der Waals surface area contributed by atoms with Gasteiger partial charge in [0.25, 0.3) is 0 Å². The van der Waals surface area contributed by atoms with Crippen LogP contribution in [0, 0.1) is 5.41 Å². The Hall–Kier alpha value is -0.730. The van der Waals surface area contributed by atoms with Crippen LogP contribution in [0.3, 0.4) is 0 Å². The van der Waals surface area contributed by atoms with Gasteiger partial charge in [0.05, 0.1) is 12.6 Å². The third-order valence-corrected chi connectivity index (χ3v) is 1.32. The molecular formula is C6H13N3O. The molecule has 4 nitrogen and oxygen atoms in total. The number of rotatable bonds is 2. The molecule has 58 valence electrons. The van der Waals surface area contributed by atoms with Crippen LogP contribution < -0.4 is 0 Å². The Morgan fingerprint density at radius 3 is 2.40 bits per heavy atom. The molecule has 0 rings (SSSR count). The zero-order valence-electron chi connectivity index (χ0n) is 6.57. The van der Waals surface area contributed by atoms with Crippen LogP contribution in [-0.2, 0) is 0 Å². The van der Waals surface area contributed by atoms with Crippen molar-refractivity contribution in [3.63, 3.8) is 0 Å². The summed E-state index contributed by atoms with van der Waals surface area (Å²) in [5.41, 5.74) is 7.73. The van der Waals surface area contributed by atoms with Crippen molar-refractivity contribution in [2.24, 2.45) is 10.5 Å². The Morgan fingerprint density at radius 1 is 1.60 bits per heavy atom. The van der Waals surface area contributed by atoms with E-state index >= 15 is 0 Å². The number of hydrogen-bond acceptors (Lipinski definition) is 2.